The van der Waals surface area contributed by atoms with Crippen molar-refractivity contribution >= 4 is 22.7 Å². The Hall–Kier alpha value is -2.10. The molecule has 4 nitrogen and oxygen atoms in total. The fourth-order valence-electron chi connectivity index (χ4n) is 1.60. The summed E-state index contributed by atoms with van der Waals surface area (Å²) < 4.78 is 5.01. The second-order valence-electron chi connectivity index (χ2n) is 4.03. The third kappa shape index (κ3) is 3.20. The van der Waals surface area contributed by atoms with Gasteiger partial charge in [-0.15, -0.1) is 0 Å². The molecule has 0 atom stereocenters. The summed E-state index contributed by atoms with van der Waals surface area (Å²) in [6.45, 7) is 2.49. The number of nitrogens with zero attached hydrogens (tertiary/aromatic N) is 1. The number of carbonyl (C=O) groups is 1. The topological polar surface area (TPSA) is 51.2 Å². The summed E-state index contributed by atoms with van der Waals surface area (Å²) in [6.07, 6.45) is 3.16. The van der Waals surface area contributed by atoms with Crippen LogP contribution in [0.1, 0.15) is 19.8 Å². The van der Waals surface area contributed by atoms with E-state index in [4.69, 9.17) is 4.74 Å². The number of nitrogens with one attached hydrogen (secondary N) is 1. The maximum atomic E-state index is 11.5. The van der Waals surface area contributed by atoms with Crippen LogP contribution in [0.2, 0.25) is 0 Å². The quantitative estimate of drug-likeness (QED) is 0.836. The zero-order valence-corrected chi connectivity index (χ0v) is 10.3. The van der Waals surface area contributed by atoms with E-state index in [-0.39, 0.29) is 0 Å². The summed E-state index contributed by atoms with van der Waals surface area (Å²) in [7, 11) is 0. The van der Waals surface area contributed by atoms with Crippen LogP contribution in [0.3, 0.4) is 0 Å². The zero-order valence-electron chi connectivity index (χ0n) is 10.3. The van der Waals surface area contributed by atoms with Crippen molar-refractivity contribution in [1.29, 1.82) is 0 Å². The van der Waals surface area contributed by atoms with Gasteiger partial charge in [0.2, 0.25) is 0 Å². The van der Waals surface area contributed by atoms with Crippen LogP contribution in [0.15, 0.2) is 36.5 Å². The van der Waals surface area contributed by atoms with E-state index in [2.05, 4.69) is 10.3 Å². The van der Waals surface area contributed by atoms with Crippen LogP contribution in [0.25, 0.3) is 10.8 Å². The number of fused-ring (bicyclic) bond motifs is 1. The molecule has 1 heterocycles. The number of benzene rings is 1. The summed E-state index contributed by atoms with van der Waals surface area (Å²) in [4.78, 5) is 15.6. The Kier molecular flexibility index (Phi) is 4.12. The second kappa shape index (κ2) is 6.00. The fourth-order valence-corrected chi connectivity index (χ4v) is 1.60. The van der Waals surface area contributed by atoms with E-state index < -0.39 is 6.09 Å². The molecule has 1 aromatic carbocycles. The molecule has 1 aromatic heterocycles. The lowest BCUT2D eigenvalue weighted by molar-refractivity contribution is 0.160. The van der Waals surface area contributed by atoms with Gasteiger partial charge < -0.3 is 4.74 Å². The Morgan fingerprint density at radius 1 is 1.33 bits per heavy atom. The van der Waals surface area contributed by atoms with E-state index in [9.17, 15) is 4.79 Å². The summed E-state index contributed by atoms with van der Waals surface area (Å²) in [5.74, 6) is 0.509. The number of ether oxygens (including phenoxy) is 1. The molecule has 1 N–H and O–H groups in total. The maximum absolute atomic E-state index is 11.5. The molecule has 2 rings (SSSR count). The van der Waals surface area contributed by atoms with Gasteiger partial charge in [-0.3, -0.25) is 5.32 Å². The Bertz CT molecular complexity index is 540. The number of amides is 1. The Morgan fingerprint density at radius 3 is 2.89 bits per heavy atom. The first-order valence-electron chi connectivity index (χ1n) is 6.08. The lowest BCUT2D eigenvalue weighted by Gasteiger charge is -2.06. The van der Waals surface area contributed by atoms with Crippen LogP contribution in [0, 0.1) is 0 Å². The van der Waals surface area contributed by atoms with Gasteiger partial charge in [-0.2, -0.15) is 0 Å². The van der Waals surface area contributed by atoms with Gasteiger partial charge in [0, 0.05) is 11.6 Å². The van der Waals surface area contributed by atoms with Gasteiger partial charge in [-0.1, -0.05) is 37.6 Å². The predicted molar refractivity (Wildman–Crippen MR) is 71.6 cm³/mol. The molecule has 0 unspecified atom stereocenters. The van der Waals surface area contributed by atoms with Crippen molar-refractivity contribution in [3.05, 3.63) is 36.5 Å². The molecule has 18 heavy (non-hydrogen) atoms. The monoisotopic (exact) mass is 244 g/mol. The largest absolute Gasteiger partial charge is 0.449 e. The molecule has 0 saturated carbocycles. The number of anilines is 1. The highest BCUT2D eigenvalue weighted by Crippen LogP contribution is 2.16. The Morgan fingerprint density at radius 2 is 2.11 bits per heavy atom. The molecule has 0 aliphatic heterocycles. The number of unbranched alkanes of at least 4 members (excludes halogenated alkanes) is 1. The van der Waals surface area contributed by atoms with Gasteiger partial charge in [0.05, 0.1) is 6.61 Å². The highest BCUT2D eigenvalue weighted by Gasteiger charge is 2.04. The summed E-state index contributed by atoms with van der Waals surface area (Å²) >= 11 is 0. The van der Waals surface area contributed by atoms with E-state index in [0.717, 1.165) is 23.6 Å². The minimum atomic E-state index is -0.453. The van der Waals surface area contributed by atoms with Gasteiger partial charge in [0.15, 0.2) is 0 Å². The minimum absolute atomic E-state index is 0.440. The number of rotatable bonds is 4. The molecule has 0 aliphatic carbocycles. The van der Waals surface area contributed by atoms with E-state index in [1.807, 2.05) is 37.3 Å². The molecular weight excluding hydrogens is 228 g/mol. The molecule has 2 aromatic rings. The van der Waals surface area contributed by atoms with Crippen molar-refractivity contribution in [3.8, 4) is 0 Å². The predicted octanol–water partition coefficient (Wildman–Crippen LogP) is 3.58. The van der Waals surface area contributed by atoms with Crippen molar-refractivity contribution in [2.45, 2.75) is 19.8 Å². The maximum Gasteiger partial charge on any atom is 0.412 e. The normalized spacial score (nSPS) is 10.3. The van der Waals surface area contributed by atoms with Crippen LogP contribution in [-0.4, -0.2) is 17.7 Å². The number of hydrogen-bond donors (Lipinski definition) is 1. The third-order valence-electron chi connectivity index (χ3n) is 2.59. The standard InChI is InChI=1S/C14H16N2O2/c1-2-3-8-18-14(17)16-13-9-11-6-4-5-7-12(11)10-15-13/h4-7,9-10H,2-3,8H2,1H3,(H,15,16,17). The first-order valence-corrected chi connectivity index (χ1v) is 6.08. The first kappa shape index (κ1) is 12.4. The average molecular weight is 244 g/mol. The lowest BCUT2D eigenvalue weighted by atomic mass is 10.2. The van der Waals surface area contributed by atoms with Crippen molar-refractivity contribution in [2.24, 2.45) is 0 Å². The van der Waals surface area contributed by atoms with E-state index in [1.165, 1.54) is 0 Å². The summed E-state index contributed by atoms with van der Waals surface area (Å²) in [6, 6.07) is 9.69. The van der Waals surface area contributed by atoms with E-state index in [0.29, 0.717) is 12.4 Å². The molecule has 0 aliphatic rings. The van der Waals surface area contributed by atoms with E-state index >= 15 is 0 Å². The molecule has 1 amide bonds. The fraction of sp³-hybridized carbons (Fsp3) is 0.286. The third-order valence-corrected chi connectivity index (χ3v) is 2.59. The average Bonchev–Trinajstić information content (AvgIpc) is 2.39. The number of hydrogen-bond acceptors (Lipinski definition) is 3. The van der Waals surface area contributed by atoms with Crippen LogP contribution in [0.5, 0.6) is 0 Å². The molecule has 0 fully saturated rings. The van der Waals surface area contributed by atoms with Gasteiger partial charge in [-0.05, 0) is 17.9 Å². The molecule has 0 saturated heterocycles. The number of carbonyl (C=O) groups excluding carboxylic acids is 1. The van der Waals surface area contributed by atoms with Crippen LogP contribution < -0.4 is 5.32 Å². The lowest BCUT2D eigenvalue weighted by Crippen LogP contribution is -2.15. The molecule has 94 valence electrons. The van der Waals surface area contributed by atoms with Crippen LogP contribution in [-0.2, 0) is 4.74 Å². The minimum Gasteiger partial charge on any atom is -0.449 e. The number of aromatic nitrogens is 1. The molecular formula is C14H16N2O2. The Labute approximate surface area is 106 Å². The van der Waals surface area contributed by atoms with Gasteiger partial charge >= 0.3 is 6.09 Å². The van der Waals surface area contributed by atoms with Crippen molar-refractivity contribution in [2.75, 3.05) is 11.9 Å². The highest BCUT2D eigenvalue weighted by atomic mass is 16.5. The van der Waals surface area contributed by atoms with E-state index in [1.54, 1.807) is 6.20 Å². The molecule has 4 heteroatoms. The van der Waals surface area contributed by atoms with Gasteiger partial charge in [-0.25, -0.2) is 9.78 Å². The summed E-state index contributed by atoms with van der Waals surface area (Å²) in [5.41, 5.74) is 0. The number of pyridine rings is 1. The zero-order chi connectivity index (χ0) is 12.8. The molecule has 0 spiro atoms. The Balaban J connectivity index is 2.01. The smallest absolute Gasteiger partial charge is 0.412 e. The van der Waals surface area contributed by atoms with Gasteiger partial charge in [0.25, 0.3) is 0 Å². The summed E-state index contributed by atoms with van der Waals surface area (Å²) in [5, 5.41) is 4.70. The first-order chi connectivity index (χ1) is 8.79. The van der Waals surface area contributed by atoms with Crippen molar-refractivity contribution in [3.63, 3.8) is 0 Å². The second-order valence-corrected chi connectivity index (χ2v) is 4.03. The van der Waals surface area contributed by atoms with Crippen molar-refractivity contribution in [1.82, 2.24) is 4.98 Å². The van der Waals surface area contributed by atoms with Crippen LogP contribution in [0.4, 0.5) is 10.6 Å². The molecule has 0 bridgehead atoms. The van der Waals surface area contributed by atoms with Crippen molar-refractivity contribution < 1.29 is 9.53 Å². The SMILES string of the molecule is CCCCOC(=O)Nc1cc2ccccc2cn1. The highest BCUT2D eigenvalue weighted by molar-refractivity contribution is 5.89. The van der Waals surface area contributed by atoms with Crippen LogP contribution >= 0.6 is 0 Å². The molecule has 0 radical (unpaired) electrons. The van der Waals surface area contributed by atoms with Gasteiger partial charge in [0.1, 0.15) is 5.82 Å².